The van der Waals surface area contributed by atoms with Crippen LogP contribution < -0.4 is 9.47 Å². The summed E-state index contributed by atoms with van der Waals surface area (Å²) in [5.74, 6) is 1.70. The van der Waals surface area contributed by atoms with E-state index in [-0.39, 0.29) is 11.9 Å². The zero-order valence-electron chi connectivity index (χ0n) is 15.8. The lowest BCUT2D eigenvalue weighted by molar-refractivity contribution is 0.0273. The fraction of sp³-hybridized carbons (Fsp3) is 0.364. The zero-order valence-corrected chi connectivity index (χ0v) is 15.8. The van der Waals surface area contributed by atoms with E-state index in [1.54, 1.807) is 18.5 Å². The van der Waals surface area contributed by atoms with Crippen LogP contribution in [0.1, 0.15) is 39.9 Å². The van der Waals surface area contributed by atoms with Crippen LogP contribution in [0.2, 0.25) is 0 Å². The molecular weight excluding hydrogens is 356 g/mol. The second-order valence-electron chi connectivity index (χ2n) is 7.51. The van der Waals surface area contributed by atoms with E-state index in [9.17, 15) is 4.79 Å². The van der Waals surface area contributed by atoms with Crippen molar-refractivity contribution in [3.8, 4) is 11.5 Å². The van der Waals surface area contributed by atoms with Crippen molar-refractivity contribution in [2.75, 3.05) is 19.9 Å². The number of hydrogen-bond acceptors (Lipinski definition) is 6. The van der Waals surface area contributed by atoms with Crippen molar-refractivity contribution in [2.24, 2.45) is 0 Å². The third-order valence-corrected chi connectivity index (χ3v) is 5.48. The zero-order chi connectivity index (χ0) is 19.1. The molecule has 3 aliphatic rings. The van der Waals surface area contributed by atoms with Gasteiger partial charge >= 0.3 is 0 Å². The summed E-state index contributed by atoms with van der Waals surface area (Å²) in [5.41, 5.74) is 3.34. The standard InChI is InChI=1S/C22H22N2O4/c1-14-9-18-17(12-24(13-27-18)11-16-3-2-8-26-16)22-20(14)21(25)19(28-22)10-15-4-6-23-7-5-15/h4-7,9-10,16H,2-3,8,11-13H2,1H3/b19-10-. The number of carbonyl (C=O) groups excluding carboxylic acids is 1. The number of ether oxygens (including phenoxy) is 3. The third-order valence-electron chi connectivity index (χ3n) is 5.48. The molecule has 1 saturated heterocycles. The molecule has 0 spiro atoms. The number of allylic oxidation sites excluding steroid dienone is 1. The Labute approximate surface area is 163 Å². The number of aryl methyl sites for hydroxylation is 1. The first-order valence-electron chi connectivity index (χ1n) is 9.66. The summed E-state index contributed by atoms with van der Waals surface area (Å²) in [7, 11) is 0. The first-order chi connectivity index (χ1) is 13.7. The molecule has 0 saturated carbocycles. The van der Waals surface area contributed by atoms with Gasteiger partial charge in [0.05, 0.1) is 17.2 Å². The van der Waals surface area contributed by atoms with Gasteiger partial charge in [0.1, 0.15) is 18.2 Å². The highest BCUT2D eigenvalue weighted by Gasteiger charge is 2.36. The predicted molar refractivity (Wildman–Crippen MR) is 103 cm³/mol. The van der Waals surface area contributed by atoms with Gasteiger partial charge < -0.3 is 14.2 Å². The molecule has 6 nitrogen and oxygen atoms in total. The number of ketones is 1. The van der Waals surface area contributed by atoms with Gasteiger partial charge in [-0.25, -0.2) is 0 Å². The second kappa shape index (κ2) is 7.04. The molecule has 0 aliphatic carbocycles. The van der Waals surface area contributed by atoms with Gasteiger partial charge in [-0.3, -0.25) is 14.7 Å². The highest BCUT2D eigenvalue weighted by atomic mass is 16.5. The molecule has 0 N–H and O–H groups in total. The molecule has 1 aromatic heterocycles. The van der Waals surface area contributed by atoms with Crippen LogP contribution in [0.5, 0.6) is 11.5 Å². The summed E-state index contributed by atoms with van der Waals surface area (Å²) in [5, 5.41) is 0. The molecule has 1 fully saturated rings. The van der Waals surface area contributed by atoms with Crippen LogP contribution in [0.3, 0.4) is 0 Å². The first-order valence-corrected chi connectivity index (χ1v) is 9.66. The van der Waals surface area contributed by atoms with E-state index in [1.165, 1.54) is 0 Å². The molecule has 1 atom stereocenters. The summed E-state index contributed by atoms with van der Waals surface area (Å²) >= 11 is 0. The lowest BCUT2D eigenvalue weighted by Crippen LogP contribution is -2.37. The van der Waals surface area contributed by atoms with E-state index >= 15 is 0 Å². The minimum Gasteiger partial charge on any atom is -0.478 e. The number of fused-ring (bicyclic) bond motifs is 3. The Hall–Kier alpha value is -2.70. The van der Waals surface area contributed by atoms with Crippen LogP contribution in [-0.2, 0) is 11.3 Å². The lowest BCUT2D eigenvalue weighted by atomic mass is 9.98. The minimum absolute atomic E-state index is 0.0802. The Kier molecular flexibility index (Phi) is 4.37. The summed E-state index contributed by atoms with van der Waals surface area (Å²) in [6.07, 6.45) is 7.62. The van der Waals surface area contributed by atoms with E-state index in [4.69, 9.17) is 14.2 Å². The van der Waals surface area contributed by atoms with Crippen molar-refractivity contribution in [1.82, 2.24) is 9.88 Å². The van der Waals surface area contributed by atoms with Crippen LogP contribution in [0, 0.1) is 6.92 Å². The number of pyridine rings is 1. The van der Waals surface area contributed by atoms with E-state index in [1.807, 2.05) is 25.1 Å². The largest absolute Gasteiger partial charge is 0.478 e. The maximum Gasteiger partial charge on any atom is 0.232 e. The quantitative estimate of drug-likeness (QED) is 0.764. The Balaban J connectivity index is 1.46. The number of rotatable bonds is 3. The fourth-order valence-electron chi connectivity index (χ4n) is 4.08. The predicted octanol–water partition coefficient (Wildman–Crippen LogP) is 3.34. The molecule has 28 heavy (non-hydrogen) atoms. The Morgan fingerprint density at radius 3 is 2.96 bits per heavy atom. The fourth-order valence-corrected chi connectivity index (χ4v) is 4.08. The van der Waals surface area contributed by atoms with Gasteiger partial charge in [-0.05, 0) is 55.2 Å². The monoisotopic (exact) mass is 378 g/mol. The summed E-state index contributed by atoms with van der Waals surface area (Å²) in [6, 6.07) is 5.65. The molecule has 6 heteroatoms. The van der Waals surface area contributed by atoms with Gasteiger partial charge in [-0.15, -0.1) is 0 Å². The van der Waals surface area contributed by atoms with Crippen molar-refractivity contribution >= 4 is 11.9 Å². The molecule has 3 aliphatic heterocycles. The van der Waals surface area contributed by atoms with Gasteiger partial charge in [0, 0.05) is 32.1 Å². The normalized spacial score (nSPS) is 22.7. The van der Waals surface area contributed by atoms with Crippen LogP contribution >= 0.6 is 0 Å². The Morgan fingerprint density at radius 1 is 1.32 bits per heavy atom. The number of Topliss-reactive ketones (excluding diaryl/α,β-unsaturated/α-hetero) is 1. The van der Waals surface area contributed by atoms with Gasteiger partial charge in [0.15, 0.2) is 5.76 Å². The summed E-state index contributed by atoms with van der Waals surface area (Å²) in [6.45, 7) is 4.81. The maximum atomic E-state index is 13.0. The van der Waals surface area contributed by atoms with Gasteiger partial charge in [0.2, 0.25) is 5.78 Å². The number of aromatic nitrogens is 1. The van der Waals surface area contributed by atoms with Crippen LogP contribution in [0.25, 0.3) is 6.08 Å². The molecule has 144 valence electrons. The van der Waals surface area contributed by atoms with E-state index in [0.717, 1.165) is 48.4 Å². The molecule has 1 unspecified atom stereocenters. The molecule has 0 bridgehead atoms. The molecule has 1 aromatic carbocycles. The van der Waals surface area contributed by atoms with E-state index < -0.39 is 0 Å². The SMILES string of the molecule is Cc1cc2c(c3c1C(=O)/C(=C/c1ccncc1)O3)CN(CC1CCCO1)CO2. The van der Waals surface area contributed by atoms with Gasteiger partial charge in [-0.1, -0.05) is 0 Å². The number of carbonyl (C=O) groups is 1. The van der Waals surface area contributed by atoms with Crippen molar-refractivity contribution in [3.05, 3.63) is 58.6 Å². The van der Waals surface area contributed by atoms with E-state index in [0.29, 0.717) is 30.3 Å². The minimum atomic E-state index is -0.0802. The lowest BCUT2D eigenvalue weighted by Gasteiger charge is -2.31. The molecule has 2 aromatic rings. The highest BCUT2D eigenvalue weighted by molar-refractivity contribution is 6.15. The summed E-state index contributed by atoms with van der Waals surface area (Å²) in [4.78, 5) is 19.2. The molecule has 0 amide bonds. The van der Waals surface area contributed by atoms with Crippen molar-refractivity contribution < 1.29 is 19.0 Å². The number of benzene rings is 1. The Bertz CT molecular complexity index is 949. The van der Waals surface area contributed by atoms with Crippen LogP contribution in [0.4, 0.5) is 0 Å². The summed E-state index contributed by atoms with van der Waals surface area (Å²) < 4.78 is 17.8. The topological polar surface area (TPSA) is 60.9 Å². The first kappa shape index (κ1) is 17.4. The Morgan fingerprint density at radius 2 is 2.18 bits per heavy atom. The molecule has 5 rings (SSSR count). The molecule has 0 radical (unpaired) electrons. The molecular formula is C22H22N2O4. The van der Waals surface area contributed by atoms with Crippen molar-refractivity contribution in [3.63, 3.8) is 0 Å². The van der Waals surface area contributed by atoms with Crippen molar-refractivity contribution in [1.29, 1.82) is 0 Å². The smallest absolute Gasteiger partial charge is 0.232 e. The highest BCUT2D eigenvalue weighted by Crippen LogP contribution is 2.44. The van der Waals surface area contributed by atoms with Crippen LogP contribution in [0.15, 0.2) is 36.4 Å². The average Bonchev–Trinajstić information content (AvgIpc) is 3.32. The van der Waals surface area contributed by atoms with Gasteiger partial charge in [0.25, 0.3) is 0 Å². The average molecular weight is 378 g/mol. The number of hydrogen-bond donors (Lipinski definition) is 0. The third kappa shape index (κ3) is 3.08. The molecule has 4 heterocycles. The van der Waals surface area contributed by atoms with Gasteiger partial charge in [-0.2, -0.15) is 0 Å². The maximum absolute atomic E-state index is 13.0. The van der Waals surface area contributed by atoms with Crippen LogP contribution in [-0.4, -0.2) is 41.7 Å². The van der Waals surface area contributed by atoms with E-state index in [2.05, 4.69) is 9.88 Å². The second-order valence-corrected chi connectivity index (χ2v) is 7.51. The van der Waals surface area contributed by atoms with Crippen molar-refractivity contribution in [2.45, 2.75) is 32.4 Å². The number of nitrogens with zero attached hydrogens (tertiary/aromatic N) is 2.